The third kappa shape index (κ3) is 3.50. The van der Waals surface area contributed by atoms with Crippen molar-refractivity contribution >= 4 is 33.2 Å². The number of rotatable bonds is 5. The Morgan fingerprint density at radius 1 is 1.00 bits per heavy atom. The van der Waals surface area contributed by atoms with Crippen LogP contribution in [0.5, 0.6) is 0 Å². The minimum Gasteiger partial charge on any atom is -0.326 e. The highest BCUT2D eigenvalue weighted by Crippen LogP contribution is 2.20. The van der Waals surface area contributed by atoms with Gasteiger partial charge in [0, 0.05) is 5.69 Å². The van der Waals surface area contributed by atoms with Gasteiger partial charge in [0.2, 0.25) is 5.91 Å². The summed E-state index contributed by atoms with van der Waals surface area (Å²) in [5, 5.41) is 4.85. The van der Waals surface area contributed by atoms with Gasteiger partial charge in [-0.05, 0) is 35.9 Å². The molecule has 2 aromatic carbocycles. The van der Waals surface area contributed by atoms with Crippen LogP contribution in [-0.2, 0) is 21.1 Å². The number of nitrogens with one attached hydrogen (secondary N) is 2. The van der Waals surface area contributed by atoms with Crippen LogP contribution in [0.3, 0.4) is 0 Å². The fourth-order valence-electron chi connectivity index (χ4n) is 2.62. The van der Waals surface area contributed by atoms with Crippen molar-refractivity contribution < 1.29 is 22.8 Å². The summed E-state index contributed by atoms with van der Waals surface area (Å²) in [6.07, 6.45) is 0.0503. The first-order valence-electron chi connectivity index (χ1n) is 7.91. The van der Waals surface area contributed by atoms with Gasteiger partial charge in [-0.2, -0.15) is 0 Å². The normalized spacial score (nSPS) is 13.3. The largest absolute Gasteiger partial charge is 0.326 e. The standard InChI is InChI=1S/C18H16N2O5S/c1-2-26(24,25)13-6-3-11(4-7-13)9-16(21)19-12-5-8-14-15(10-12)18(23)20-17(14)22/h3-8,10H,2,9H2,1H3,(H,19,21)(H,20,22,23). The predicted molar refractivity (Wildman–Crippen MR) is 94.7 cm³/mol. The second kappa shape index (κ2) is 6.72. The number of benzene rings is 2. The van der Waals surface area contributed by atoms with Crippen molar-refractivity contribution in [2.75, 3.05) is 11.1 Å². The number of hydrogen-bond donors (Lipinski definition) is 2. The molecule has 0 aromatic heterocycles. The van der Waals surface area contributed by atoms with Crippen LogP contribution in [0, 0.1) is 0 Å². The Morgan fingerprint density at radius 3 is 2.31 bits per heavy atom. The molecule has 1 heterocycles. The molecule has 7 nitrogen and oxygen atoms in total. The van der Waals surface area contributed by atoms with Gasteiger partial charge in [0.1, 0.15) is 0 Å². The quantitative estimate of drug-likeness (QED) is 0.774. The molecule has 0 atom stereocenters. The number of fused-ring (bicyclic) bond motifs is 1. The second-order valence-corrected chi connectivity index (χ2v) is 8.09. The SMILES string of the molecule is CCS(=O)(=O)c1ccc(CC(=O)Nc2ccc3c(c2)C(=O)NC3=O)cc1. The number of hydrogen-bond acceptors (Lipinski definition) is 5. The van der Waals surface area contributed by atoms with Gasteiger partial charge in [-0.15, -0.1) is 0 Å². The van der Waals surface area contributed by atoms with Crippen LogP contribution < -0.4 is 10.6 Å². The van der Waals surface area contributed by atoms with E-state index in [1.54, 1.807) is 25.1 Å². The average Bonchev–Trinajstić information content (AvgIpc) is 2.89. The van der Waals surface area contributed by atoms with Gasteiger partial charge >= 0.3 is 0 Å². The highest BCUT2D eigenvalue weighted by molar-refractivity contribution is 7.91. The summed E-state index contributed by atoms with van der Waals surface area (Å²) in [4.78, 5) is 35.5. The number of carbonyl (C=O) groups excluding carboxylic acids is 3. The Bertz CT molecular complexity index is 1010. The van der Waals surface area contributed by atoms with Crippen LogP contribution in [0.4, 0.5) is 5.69 Å². The van der Waals surface area contributed by atoms with Gasteiger partial charge in [-0.3, -0.25) is 19.7 Å². The van der Waals surface area contributed by atoms with Crippen LogP contribution in [0.1, 0.15) is 33.2 Å². The molecule has 8 heteroatoms. The van der Waals surface area contributed by atoms with E-state index >= 15 is 0 Å². The minimum absolute atomic E-state index is 0.0151. The van der Waals surface area contributed by atoms with E-state index in [2.05, 4.69) is 10.6 Å². The zero-order valence-electron chi connectivity index (χ0n) is 13.9. The van der Waals surface area contributed by atoms with E-state index in [0.717, 1.165) is 0 Å². The van der Waals surface area contributed by atoms with Crippen molar-refractivity contribution in [2.45, 2.75) is 18.2 Å². The molecule has 3 amide bonds. The fourth-order valence-corrected chi connectivity index (χ4v) is 3.50. The van der Waals surface area contributed by atoms with Crippen LogP contribution in [-0.4, -0.2) is 31.9 Å². The average molecular weight is 372 g/mol. The summed E-state index contributed by atoms with van der Waals surface area (Å²) < 4.78 is 23.6. The Hall–Kier alpha value is -3.00. The molecule has 0 unspecified atom stereocenters. The first-order valence-corrected chi connectivity index (χ1v) is 9.56. The number of anilines is 1. The highest BCUT2D eigenvalue weighted by Gasteiger charge is 2.26. The van der Waals surface area contributed by atoms with E-state index in [0.29, 0.717) is 11.3 Å². The maximum atomic E-state index is 12.2. The summed E-state index contributed by atoms with van der Waals surface area (Å²) in [7, 11) is -3.27. The Labute approximate surface area is 150 Å². The predicted octanol–water partition coefficient (Wildman–Crippen LogP) is 1.54. The molecular weight excluding hydrogens is 356 g/mol. The van der Waals surface area contributed by atoms with Crippen LogP contribution in [0.25, 0.3) is 0 Å². The van der Waals surface area contributed by atoms with Crippen molar-refractivity contribution in [1.82, 2.24) is 5.32 Å². The van der Waals surface area contributed by atoms with Gasteiger partial charge in [-0.1, -0.05) is 19.1 Å². The summed E-state index contributed by atoms with van der Waals surface area (Å²) in [5.41, 5.74) is 1.57. The number of carbonyl (C=O) groups is 3. The van der Waals surface area contributed by atoms with E-state index in [1.165, 1.54) is 24.3 Å². The third-order valence-electron chi connectivity index (χ3n) is 4.05. The van der Waals surface area contributed by atoms with E-state index in [-0.39, 0.29) is 34.1 Å². The first kappa shape index (κ1) is 17.8. The van der Waals surface area contributed by atoms with Gasteiger partial charge in [-0.25, -0.2) is 8.42 Å². The molecular formula is C18H16N2O5S. The molecule has 0 saturated carbocycles. The molecule has 0 fully saturated rings. The smallest absolute Gasteiger partial charge is 0.259 e. The summed E-state index contributed by atoms with van der Waals surface area (Å²) in [6.45, 7) is 1.57. The maximum Gasteiger partial charge on any atom is 0.259 e. The highest BCUT2D eigenvalue weighted by atomic mass is 32.2. The van der Waals surface area contributed by atoms with Gasteiger partial charge < -0.3 is 5.32 Å². The zero-order valence-corrected chi connectivity index (χ0v) is 14.7. The molecule has 1 aliphatic heterocycles. The van der Waals surface area contributed by atoms with Crippen molar-refractivity contribution in [3.8, 4) is 0 Å². The molecule has 26 heavy (non-hydrogen) atoms. The lowest BCUT2D eigenvalue weighted by molar-refractivity contribution is -0.115. The van der Waals surface area contributed by atoms with Crippen LogP contribution in [0.15, 0.2) is 47.4 Å². The minimum atomic E-state index is -3.27. The molecule has 0 spiro atoms. The topological polar surface area (TPSA) is 109 Å². The van der Waals surface area contributed by atoms with Crippen molar-refractivity contribution in [3.05, 3.63) is 59.2 Å². The molecule has 3 rings (SSSR count). The van der Waals surface area contributed by atoms with Crippen molar-refractivity contribution in [1.29, 1.82) is 0 Å². The lowest BCUT2D eigenvalue weighted by atomic mass is 10.1. The molecule has 1 aliphatic rings. The monoisotopic (exact) mass is 372 g/mol. The molecule has 0 radical (unpaired) electrons. The number of imide groups is 1. The van der Waals surface area contributed by atoms with E-state index < -0.39 is 21.7 Å². The van der Waals surface area contributed by atoms with Gasteiger partial charge in [0.05, 0.1) is 28.2 Å². The molecule has 2 N–H and O–H groups in total. The molecule has 0 aliphatic carbocycles. The van der Waals surface area contributed by atoms with Gasteiger partial charge in [0.15, 0.2) is 9.84 Å². The Kier molecular flexibility index (Phi) is 4.60. The summed E-state index contributed by atoms with van der Waals surface area (Å²) in [5.74, 6) is -1.25. The fraction of sp³-hybridized carbons (Fsp3) is 0.167. The van der Waals surface area contributed by atoms with E-state index in [4.69, 9.17) is 0 Å². The summed E-state index contributed by atoms with van der Waals surface area (Å²) in [6, 6.07) is 10.6. The molecule has 0 bridgehead atoms. The van der Waals surface area contributed by atoms with E-state index in [1.807, 2.05) is 0 Å². The Morgan fingerprint density at radius 2 is 1.65 bits per heavy atom. The Balaban J connectivity index is 1.69. The second-order valence-electron chi connectivity index (χ2n) is 5.82. The zero-order chi connectivity index (χ0) is 18.9. The third-order valence-corrected chi connectivity index (χ3v) is 5.80. The number of sulfone groups is 1. The molecule has 2 aromatic rings. The van der Waals surface area contributed by atoms with Crippen LogP contribution >= 0.6 is 0 Å². The van der Waals surface area contributed by atoms with E-state index in [9.17, 15) is 22.8 Å². The lowest BCUT2D eigenvalue weighted by Gasteiger charge is -2.07. The van der Waals surface area contributed by atoms with Gasteiger partial charge in [0.25, 0.3) is 11.8 Å². The lowest BCUT2D eigenvalue weighted by Crippen LogP contribution is -2.19. The first-order chi connectivity index (χ1) is 12.3. The van der Waals surface area contributed by atoms with Crippen molar-refractivity contribution in [2.24, 2.45) is 0 Å². The molecule has 0 saturated heterocycles. The molecule has 134 valence electrons. The number of amides is 3. The maximum absolute atomic E-state index is 12.2. The van der Waals surface area contributed by atoms with Crippen LogP contribution in [0.2, 0.25) is 0 Å². The summed E-state index contributed by atoms with van der Waals surface area (Å²) >= 11 is 0. The van der Waals surface area contributed by atoms with Crippen molar-refractivity contribution in [3.63, 3.8) is 0 Å².